The lowest BCUT2D eigenvalue weighted by Crippen LogP contribution is -2.55. The summed E-state index contributed by atoms with van der Waals surface area (Å²) in [6.45, 7) is 0.317. The third-order valence-electron chi connectivity index (χ3n) is 2.53. The summed E-state index contributed by atoms with van der Waals surface area (Å²) < 4.78 is 5.02. The molecule has 2 rings (SSSR count). The second-order valence-corrected chi connectivity index (χ2v) is 3.61. The van der Waals surface area contributed by atoms with Gasteiger partial charge in [0.2, 0.25) is 0 Å². The van der Waals surface area contributed by atoms with E-state index < -0.39 is 17.4 Å². The summed E-state index contributed by atoms with van der Waals surface area (Å²) in [5.74, 6) is -1.58. The zero-order chi connectivity index (χ0) is 11.6. The summed E-state index contributed by atoms with van der Waals surface area (Å²) in [7, 11) is 0. The van der Waals surface area contributed by atoms with E-state index in [4.69, 9.17) is 9.84 Å². The number of rotatable bonds is 3. The second kappa shape index (κ2) is 3.93. The van der Waals surface area contributed by atoms with Gasteiger partial charge in [0.05, 0.1) is 19.1 Å². The summed E-state index contributed by atoms with van der Waals surface area (Å²) in [5.41, 5.74) is -1.09. The van der Waals surface area contributed by atoms with Gasteiger partial charge in [-0.25, -0.2) is 9.78 Å². The molecule has 2 heterocycles. The number of H-pyrrole nitrogens is 1. The smallest absolute Gasteiger partial charge is 0.331 e. The number of carbonyl (C=O) groups excluding carboxylic acids is 1. The molecule has 86 valence electrons. The number of carboxylic acid groups (broad SMARTS) is 1. The molecule has 7 heteroatoms. The molecule has 1 aliphatic rings. The molecule has 1 aromatic rings. The zero-order valence-corrected chi connectivity index (χ0v) is 8.40. The number of aromatic nitrogens is 2. The lowest BCUT2D eigenvalue weighted by atomic mass is 9.99. The number of carboxylic acids is 1. The van der Waals surface area contributed by atoms with Gasteiger partial charge >= 0.3 is 5.97 Å². The van der Waals surface area contributed by atoms with Crippen molar-refractivity contribution in [3.63, 3.8) is 0 Å². The zero-order valence-electron chi connectivity index (χ0n) is 8.40. The molecular weight excluding hydrogens is 214 g/mol. The fourth-order valence-corrected chi connectivity index (χ4v) is 1.55. The van der Waals surface area contributed by atoms with Crippen LogP contribution in [0.25, 0.3) is 0 Å². The van der Waals surface area contributed by atoms with E-state index >= 15 is 0 Å². The van der Waals surface area contributed by atoms with Gasteiger partial charge in [0.1, 0.15) is 5.69 Å². The van der Waals surface area contributed by atoms with E-state index in [0.717, 1.165) is 0 Å². The first-order valence-corrected chi connectivity index (χ1v) is 4.76. The van der Waals surface area contributed by atoms with Crippen LogP contribution < -0.4 is 5.32 Å². The van der Waals surface area contributed by atoms with Gasteiger partial charge in [-0.15, -0.1) is 0 Å². The Morgan fingerprint density at radius 2 is 2.44 bits per heavy atom. The average Bonchev–Trinajstić information content (AvgIpc) is 2.88. The van der Waals surface area contributed by atoms with E-state index in [9.17, 15) is 9.59 Å². The number of aromatic amines is 1. The van der Waals surface area contributed by atoms with Crippen molar-refractivity contribution < 1.29 is 19.4 Å². The lowest BCUT2D eigenvalue weighted by Gasteiger charge is -2.23. The monoisotopic (exact) mass is 225 g/mol. The maximum Gasteiger partial charge on any atom is 0.331 e. The van der Waals surface area contributed by atoms with E-state index in [-0.39, 0.29) is 18.7 Å². The summed E-state index contributed by atoms with van der Waals surface area (Å²) in [5, 5.41) is 11.5. The molecule has 1 unspecified atom stereocenters. The highest BCUT2D eigenvalue weighted by Gasteiger charge is 2.44. The Bertz CT molecular complexity index is 395. The van der Waals surface area contributed by atoms with Gasteiger partial charge in [0, 0.05) is 13.0 Å². The van der Waals surface area contributed by atoms with Gasteiger partial charge in [0.25, 0.3) is 5.91 Å². The summed E-state index contributed by atoms with van der Waals surface area (Å²) in [6, 6.07) is 0. The SMILES string of the molecule is O=C(NC1(C(=O)O)CCOC1)c1cnc[nH]1. The van der Waals surface area contributed by atoms with E-state index in [2.05, 4.69) is 15.3 Å². The van der Waals surface area contributed by atoms with Crippen LogP contribution in [0.2, 0.25) is 0 Å². The molecule has 0 spiro atoms. The maximum absolute atomic E-state index is 11.7. The van der Waals surface area contributed by atoms with E-state index in [1.807, 2.05) is 0 Å². The number of carbonyl (C=O) groups is 2. The number of aliphatic carboxylic acids is 1. The highest BCUT2D eigenvalue weighted by Crippen LogP contribution is 2.19. The maximum atomic E-state index is 11.7. The Balaban J connectivity index is 2.13. The van der Waals surface area contributed by atoms with Gasteiger partial charge < -0.3 is 20.1 Å². The molecule has 1 amide bonds. The Morgan fingerprint density at radius 3 is 2.94 bits per heavy atom. The molecule has 1 saturated heterocycles. The Hall–Kier alpha value is -1.89. The molecule has 7 nitrogen and oxygen atoms in total. The largest absolute Gasteiger partial charge is 0.479 e. The van der Waals surface area contributed by atoms with Crippen LogP contribution in [0.3, 0.4) is 0 Å². The van der Waals surface area contributed by atoms with Crippen molar-refractivity contribution in [2.24, 2.45) is 0 Å². The minimum Gasteiger partial charge on any atom is -0.479 e. The van der Waals surface area contributed by atoms with Crippen LogP contribution in [0.1, 0.15) is 16.9 Å². The molecule has 0 aliphatic carbocycles. The first-order chi connectivity index (χ1) is 7.64. The summed E-state index contributed by atoms with van der Waals surface area (Å²) >= 11 is 0. The average molecular weight is 225 g/mol. The van der Waals surface area contributed by atoms with Crippen molar-refractivity contribution in [2.45, 2.75) is 12.0 Å². The number of hydrogen-bond donors (Lipinski definition) is 3. The van der Waals surface area contributed by atoms with Crippen LogP contribution in [0, 0.1) is 0 Å². The molecule has 16 heavy (non-hydrogen) atoms. The molecule has 1 atom stereocenters. The van der Waals surface area contributed by atoms with Crippen molar-refractivity contribution in [3.8, 4) is 0 Å². The van der Waals surface area contributed by atoms with Gasteiger partial charge in [-0.05, 0) is 0 Å². The number of nitrogens with zero attached hydrogens (tertiary/aromatic N) is 1. The third-order valence-corrected chi connectivity index (χ3v) is 2.53. The quantitative estimate of drug-likeness (QED) is 0.636. The van der Waals surface area contributed by atoms with Crippen molar-refractivity contribution >= 4 is 11.9 Å². The molecule has 0 saturated carbocycles. The number of ether oxygens (including phenoxy) is 1. The molecular formula is C9H11N3O4. The Labute approximate surface area is 90.8 Å². The van der Waals surface area contributed by atoms with Crippen molar-refractivity contribution in [2.75, 3.05) is 13.2 Å². The number of nitrogens with one attached hydrogen (secondary N) is 2. The molecule has 1 aliphatic heterocycles. The predicted molar refractivity (Wildman–Crippen MR) is 51.9 cm³/mol. The Kier molecular flexibility index (Phi) is 2.61. The van der Waals surface area contributed by atoms with E-state index in [1.54, 1.807) is 0 Å². The standard InChI is InChI=1S/C9H11N3O4/c13-7(6-3-10-5-11-6)12-9(8(14)15)1-2-16-4-9/h3,5H,1-2,4H2,(H,10,11)(H,12,13)(H,14,15). The topological polar surface area (TPSA) is 104 Å². The summed E-state index contributed by atoms with van der Waals surface area (Å²) in [4.78, 5) is 29.1. The minimum atomic E-state index is -1.32. The molecule has 1 aromatic heterocycles. The van der Waals surface area contributed by atoms with Gasteiger partial charge in [-0.3, -0.25) is 4.79 Å². The predicted octanol–water partition coefficient (Wildman–Crippen LogP) is -0.617. The van der Waals surface area contributed by atoms with Crippen molar-refractivity contribution in [1.29, 1.82) is 0 Å². The molecule has 3 N–H and O–H groups in total. The van der Waals surface area contributed by atoms with Gasteiger partial charge in [-0.1, -0.05) is 0 Å². The van der Waals surface area contributed by atoms with Gasteiger partial charge in [-0.2, -0.15) is 0 Å². The molecule has 0 aromatic carbocycles. The van der Waals surface area contributed by atoms with Crippen LogP contribution in [-0.4, -0.2) is 45.7 Å². The number of imidazole rings is 1. The fourth-order valence-electron chi connectivity index (χ4n) is 1.55. The fraction of sp³-hybridized carbons (Fsp3) is 0.444. The highest BCUT2D eigenvalue weighted by atomic mass is 16.5. The lowest BCUT2D eigenvalue weighted by molar-refractivity contribution is -0.144. The van der Waals surface area contributed by atoms with E-state index in [0.29, 0.717) is 6.61 Å². The van der Waals surface area contributed by atoms with Crippen LogP contribution in [0.4, 0.5) is 0 Å². The minimum absolute atomic E-state index is 0.0117. The Morgan fingerprint density at radius 1 is 1.62 bits per heavy atom. The molecule has 0 bridgehead atoms. The van der Waals surface area contributed by atoms with Gasteiger partial charge in [0.15, 0.2) is 5.54 Å². The van der Waals surface area contributed by atoms with Crippen molar-refractivity contribution in [1.82, 2.24) is 15.3 Å². The number of hydrogen-bond acceptors (Lipinski definition) is 4. The van der Waals surface area contributed by atoms with Crippen LogP contribution in [0.15, 0.2) is 12.5 Å². The molecule has 0 radical (unpaired) electrons. The first kappa shape index (κ1) is 10.6. The first-order valence-electron chi connectivity index (χ1n) is 4.76. The van der Waals surface area contributed by atoms with Crippen molar-refractivity contribution in [3.05, 3.63) is 18.2 Å². The van der Waals surface area contributed by atoms with Crippen LogP contribution in [0.5, 0.6) is 0 Å². The summed E-state index contributed by atoms with van der Waals surface area (Å²) in [6.07, 6.45) is 2.95. The highest BCUT2D eigenvalue weighted by molar-refractivity contribution is 5.96. The normalized spacial score (nSPS) is 24.2. The van der Waals surface area contributed by atoms with Crippen LogP contribution in [-0.2, 0) is 9.53 Å². The second-order valence-electron chi connectivity index (χ2n) is 3.61. The molecule has 1 fully saturated rings. The van der Waals surface area contributed by atoms with E-state index in [1.165, 1.54) is 12.5 Å². The van der Waals surface area contributed by atoms with Crippen LogP contribution >= 0.6 is 0 Å². The third kappa shape index (κ3) is 1.76. The number of amides is 1.